The van der Waals surface area contributed by atoms with E-state index in [-0.39, 0.29) is 29.6 Å². The van der Waals surface area contributed by atoms with Gasteiger partial charge in [-0.3, -0.25) is 9.59 Å². The van der Waals surface area contributed by atoms with Gasteiger partial charge in [0.1, 0.15) is 16.7 Å². The molecule has 0 unspecified atom stereocenters. The molecule has 1 atom stereocenters. The van der Waals surface area contributed by atoms with Crippen LogP contribution in [0.4, 0.5) is 4.79 Å². The van der Waals surface area contributed by atoms with Crippen molar-refractivity contribution in [3.8, 4) is 0 Å². The molecule has 1 saturated heterocycles. The molecule has 3 heterocycles. The summed E-state index contributed by atoms with van der Waals surface area (Å²) in [6.07, 6.45) is 2.37. The van der Waals surface area contributed by atoms with Gasteiger partial charge in [-0.25, -0.2) is 14.4 Å². The van der Waals surface area contributed by atoms with E-state index in [4.69, 9.17) is 14.3 Å². The third-order valence-corrected chi connectivity index (χ3v) is 7.40. The third kappa shape index (κ3) is 7.09. The highest BCUT2D eigenvalue weighted by Crippen LogP contribution is 2.26. The maximum atomic E-state index is 13.3. The Morgan fingerprint density at radius 3 is 2.18 bits per heavy atom. The topological polar surface area (TPSA) is 111 Å². The second kappa shape index (κ2) is 12.1. The van der Waals surface area contributed by atoms with E-state index >= 15 is 0 Å². The Bertz CT molecular complexity index is 1620. The number of fused-ring (bicyclic) bond motifs is 2. The molecule has 11 heteroatoms. The first-order chi connectivity index (χ1) is 21.1. The summed E-state index contributed by atoms with van der Waals surface area (Å²) >= 11 is 0. The lowest BCUT2D eigenvalue weighted by molar-refractivity contribution is -0.778. The normalized spacial score (nSPS) is 16.0. The van der Waals surface area contributed by atoms with Gasteiger partial charge in [-0.2, -0.15) is 0 Å². The SMILES string of the molecule is C=CCn1c2ccc(C[C@H](ON3C(=O)c4ccccc4C3=O)C(=O)OC(C)(C)C)cc2c[n+]1CC1CN(C(=O)OC(C)(C)C)C1. The maximum absolute atomic E-state index is 13.3. The molecule has 0 N–H and O–H groups in total. The zero-order chi connectivity index (χ0) is 32.7. The Morgan fingerprint density at radius 1 is 0.978 bits per heavy atom. The van der Waals surface area contributed by atoms with Crippen LogP contribution in [-0.2, 0) is 38.6 Å². The minimum Gasteiger partial charge on any atom is -0.458 e. The summed E-state index contributed by atoms with van der Waals surface area (Å²) in [6, 6.07) is 12.3. The quantitative estimate of drug-likeness (QED) is 0.151. The number of benzene rings is 2. The number of carbonyl (C=O) groups excluding carboxylic acids is 4. The second-order valence-corrected chi connectivity index (χ2v) is 13.5. The van der Waals surface area contributed by atoms with Gasteiger partial charge < -0.3 is 14.4 Å². The molecule has 0 spiro atoms. The van der Waals surface area contributed by atoms with Gasteiger partial charge in [0.25, 0.3) is 11.8 Å². The van der Waals surface area contributed by atoms with Gasteiger partial charge in [0.05, 0.1) is 29.0 Å². The van der Waals surface area contributed by atoms with Crippen molar-refractivity contribution in [1.82, 2.24) is 14.6 Å². The van der Waals surface area contributed by atoms with E-state index in [2.05, 4.69) is 15.9 Å². The highest BCUT2D eigenvalue weighted by molar-refractivity contribution is 6.20. The fourth-order valence-corrected chi connectivity index (χ4v) is 5.48. The average molecular weight is 618 g/mol. The van der Waals surface area contributed by atoms with E-state index in [0.29, 0.717) is 31.2 Å². The van der Waals surface area contributed by atoms with Crippen LogP contribution in [0.3, 0.4) is 0 Å². The second-order valence-electron chi connectivity index (χ2n) is 13.5. The Kier molecular flexibility index (Phi) is 8.59. The van der Waals surface area contributed by atoms with Gasteiger partial charge in [0.15, 0.2) is 12.6 Å². The minimum absolute atomic E-state index is 0.0678. The number of allylic oxidation sites excluding steroid dienone is 1. The number of hydroxylamine groups is 2. The largest absolute Gasteiger partial charge is 0.458 e. The number of imide groups is 1. The monoisotopic (exact) mass is 617 g/mol. The molecule has 5 rings (SSSR count). The van der Waals surface area contributed by atoms with Crippen molar-refractivity contribution < 1.29 is 38.2 Å². The number of carbonyl (C=O) groups is 4. The number of rotatable bonds is 9. The first kappa shape index (κ1) is 31.9. The van der Waals surface area contributed by atoms with E-state index in [1.54, 1.807) is 49.9 Å². The number of aromatic nitrogens is 2. The number of nitrogens with zero attached hydrogens (tertiary/aromatic N) is 4. The number of hydrogen-bond acceptors (Lipinski definition) is 7. The van der Waals surface area contributed by atoms with Crippen molar-refractivity contribution in [2.75, 3.05) is 13.1 Å². The molecular weight excluding hydrogens is 576 g/mol. The minimum atomic E-state index is -1.25. The number of ether oxygens (including phenoxy) is 2. The lowest BCUT2D eigenvalue weighted by Crippen LogP contribution is -2.58. The summed E-state index contributed by atoms with van der Waals surface area (Å²) in [7, 11) is 0. The number of hydrogen-bond donors (Lipinski definition) is 0. The van der Waals surface area contributed by atoms with Gasteiger partial charge in [-0.1, -0.05) is 24.3 Å². The molecule has 11 nitrogen and oxygen atoms in total. The molecule has 3 aromatic rings. The lowest BCUT2D eigenvalue weighted by Gasteiger charge is -2.38. The van der Waals surface area contributed by atoms with E-state index in [9.17, 15) is 19.2 Å². The average Bonchev–Trinajstić information content (AvgIpc) is 3.37. The fraction of sp³-hybridized carbons (Fsp3) is 0.441. The number of amides is 3. The third-order valence-electron chi connectivity index (χ3n) is 7.40. The zero-order valence-corrected chi connectivity index (χ0v) is 26.7. The van der Waals surface area contributed by atoms with Crippen LogP contribution in [0.15, 0.2) is 61.3 Å². The van der Waals surface area contributed by atoms with Crippen LogP contribution >= 0.6 is 0 Å². The molecule has 0 saturated carbocycles. The van der Waals surface area contributed by atoms with Crippen molar-refractivity contribution in [3.63, 3.8) is 0 Å². The summed E-state index contributed by atoms with van der Waals surface area (Å²) in [4.78, 5) is 59.2. The van der Waals surface area contributed by atoms with Crippen LogP contribution in [0.1, 0.15) is 67.8 Å². The summed E-state index contributed by atoms with van der Waals surface area (Å²) < 4.78 is 15.3. The summed E-state index contributed by atoms with van der Waals surface area (Å²) in [5.41, 5.74) is 0.831. The smallest absolute Gasteiger partial charge is 0.410 e. The van der Waals surface area contributed by atoms with Crippen LogP contribution in [-0.4, -0.2) is 68.9 Å². The molecule has 1 aromatic heterocycles. The standard InChI is InChI=1S/C34H41N4O7/c1-8-15-37-27-14-13-22(16-24(27)21-36(37)20-23-18-35(19-23)32(42)44-34(5,6)7)17-28(31(41)43-33(2,3)4)45-38-29(39)25-11-9-10-12-26(25)30(38)40/h8-14,16,21,23,28H,1,15,17-20H2,2-7H3/q+1/t28-/m0/s1. The Balaban J connectivity index is 1.35. The molecule has 2 aliphatic rings. The number of likely N-dealkylation sites (tertiary alicyclic amines) is 1. The predicted octanol–water partition coefficient (Wildman–Crippen LogP) is 4.46. The molecular formula is C34H41N4O7+. The van der Waals surface area contributed by atoms with Crippen LogP contribution < -0.4 is 4.68 Å². The van der Waals surface area contributed by atoms with Crippen LogP contribution in [0, 0.1) is 5.92 Å². The van der Waals surface area contributed by atoms with E-state index in [1.807, 2.05) is 51.2 Å². The van der Waals surface area contributed by atoms with Gasteiger partial charge in [-0.15, -0.1) is 21.0 Å². The molecule has 45 heavy (non-hydrogen) atoms. The molecule has 0 bridgehead atoms. The number of esters is 1. The van der Waals surface area contributed by atoms with Gasteiger partial charge in [-0.05, 0) is 71.4 Å². The van der Waals surface area contributed by atoms with Crippen molar-refractivity contribution >= 4 is 34.8 Å². The molecule has 0 radical (unpaired) electrons. The molecule has 238 valence electrons. The van der Waals surface area contributed by atoms with Crippen LogP contribution in [0.5, 0.6) is 0 Å². The Labute approximate surface area is 262 Å². The molecule has 2 aliphatic heterocycles. The molecule has 2 aromatic carbocycles. The van der Waals surface area contributed by atoms with E-state index in [1.165, 1.54) is 0 Å². The molecule has 1 fully saturated rings. The van der Waals surface area contributed by atoms with Crippen LogP contribution in [0.2, 0.25) is 0 Å². The van der Waals surface area contributed by atoms with Crippen molar-refractivity contribution in [2.45, 2.75) is 78.4 Å². The van der Waals surface area contributed by atoms with E-state index in [0.717, 1.165) is 16.5 Å². The highest BCUT2D eigenvalue weighted by Gasteiger charge is 2.41. The van der Waals surface area contributed by atoms with Gasteiger partial charge in [0, 0.05) is 19.5 Å². The summed E-state index contributed by atoms with van der Waals surface area (Å²) in [5.74, 6) is -1.66. The highest BCUT2D eigenvalue weighted by atomic mass is 16.7. The zero-order valence-electron chi connectivity index (χ0n) is 26.7. The first-order valence-corrected chi connectivity index (χ1v) is 15.1. The first-order valence-electron chi connectivity index (χ1n) is 15.1. The van der Waals surface area contributed by atoms with Crippen LogP contribution in [0.25, 0.3) is 10.9 Å². The molecule has 3 amide bonds. The van der Waals surface area contributed by atoms with Gasteiger partial charge in [0.2, 0.25) is 6.20 Å². The van der Waals surface area contributed by atoms with Crippen molar-refractivity contribution in [3.05, 3.63) is 78.0 Å². The van der Waals surface area contributed by atoms with Crippen molar-refractivity contribution in [2.24, 2.45) is 5.92 Å². The Morgan fingerprint density at radius 2 is 1.60 bits per heavy atom. The predicted molar refractivity (Wildman–Crippen MR) is 165 cm³/mol. The molecule has 0 aliphatic carbocycles. The maximum Gasteiger partial charge on any atom is 0.410 e. The van der Waals surface area contributed by atoms with Crippen molar-refractivity contribution in [1.29, 1.82) is 0 Å². The fourth-order valence-electron chi connectivity index (χ4n) is 5.48. The van der Waals surface area contributed by atoms with Gasteiger partial charge >= 0.3 is 12.1 Å². The summed E-state index contributed by atoms with van der Waals surface area (Å²) in [5, 5.41) is 1.59. The Hall–Kier alpha value is -4.51. The lowest BCUT2D eigenvalue weighted by atomic mass is 10.0. The summed E-state index contributed by atoms with van der Waals surface area (Å²) in [6.45, 7) is 17.2. The van der Waals surface area contributed by atoms with E-state index < -0.39 is 35.1 Å².